The first kappa shape index (κ1) is 24.0. The van der Waals surface area contributed by atoms with Gasteiger partial charge in [0, 0.05) is 43.3 Å². The van der Waals surface area contributed by atoms with Crippen LogP contribution in [0, 0.1) is 0 Å². The monoisotopic (exact) mass is 539 g/mol. The molecule has 0 saturated heterocycles. The normalized spacial score (nSPS) is 11.1. The van der Waals surface area contributed by atoms with Crippen molar-refractivity contribution in [3.05, 3.63) is 70.9 Å². The van der Waals surface area contributed by atoms with Crippen molar-refractivity contribution in [3.8, 4) is 0 Å². The summed E-state index contributed by atoms with van der Waals surface area (Å²) < 4.78 is 0. The first-order valence-corrected chi connectivity index (χ1v) is 10.2. The molecule has 1 heterocycles. The van der Waals surface area contributed by atoms with Crippen molar-refractivity contribution in [2.45, 2.75) is 13.3 Å². The van der Waals surface area contributed by atoms with Crippen LogP contribution in [0.4, 0.5) is 0 Å². The maximum Gasteiger partial charge on any atom is 0.252 e. The van der Waals surface area contributed by atoms with Gasteiger partial charge in [0.25, 0.3) is 5.91 Å². The van der Waals surface area contributed by atoms with Crippen molar-refractivity contribution in [2.75, 3.05) is 26.2 Å². The summed E-state index contributed by atoms with van der Waals surface area (Å²) in [5.41, 5.74) is 2.88. The van der Waals surface area contributed by atoms with Crippen molar-refractivity contribution in [1.82, 2.24) is 20.9 Å². The van der Waals surface area contributed by atoms with E-state index < -0.39 is 0 Å². The number of aromatic amines is 1. The number of hydrogen-bond donors (Lipinski definition) is 4. The van der Waals surface area contributed by atoms with Crippen LogP contribution in [0.1, 0.15) is 22.8 Å². The van der Waals surface area contributed by atoms with Crippen LogP contribution in [0.25, 0.3) is 10.9 Å². The fourth-order valence-corrected chi connectivity index (χ4v) is 3.29. The summed E-state index contributed by atoms with van der Waals surface area (Å²) in [5.74, 6) is 0.554. The van der Waals surface area contributed by atoms with Crippen LogP contribution < -0.4 is 16.0 Å². The zero-order chi connectivity index (χ0) is 20.5. The van der Waals surface area contributed by atoms with Gasteiger partial charge in [-0.3, -0.25) is 9.79 Å². The van der Waals surface area contributed by atoms with Gasteiger partial charge in [-0.2, -0.15) is 0 Å². The summed E-state index contributed by atoms with van der Waals surface area (Å²) in [4.78, 5) is 20.1. The van der Waals surface area contributed by atoms with Crippen molar-refractivity contribution in [1.29, 1.82) is 0 Å². The van der Waals surface area contributed by atoms with E-state index in [0.29, 0.717) is 30.2 Å². The molecule has 1 amide bonds. The van der Waals surface area contributed by atoms with E-state index in [-0.39, 0.29) is 29.9 Å². The van der Waals surface area contributed by atoms with Gasteiger partial charge in [-0.15, -0.1) is 24.0 Å². The maximum atomic E-state index is 12.2. The molecule has 0 atom stereocenters. The number of carbonyl (C=O) groups is 1. The van der Waals surface area contributed by atoms with Gasteiger partial charge in [0.05, 0.1) is 10.6 Å². The fraction of sp³-hybridized carbons (Fsp3) is 0.273. The zero-order valence-corrected chi connectivity index (χ0v) is 20.0. The topological polar surface area (TPSA) is 81.3 Å². The number of halogens is 2. The number of carbonyl (C=O) groups excluding carboxylic acids is 1. The Hall–Kier alpha value is -2.26. The molecule has 0 bridgehead atoms. The Morgan fingerprint density at radius 2 is 1.77 bits per heavy atom. The molecule has 0 spiro atoms. The molecule has 2 aromatic carbocycles. The van der Waals surface area contributed by atoms with Crippen molar-refractivity contribution in [3.63, 3.8) is 0 Å². The molecule has 0 aliphatic rings. The summed E-state index contributed by atoms with van der Waals surface area (Å²) in [6.45, 7) is 4.50. The number of nitrogens with one attached hydrogen (secondary N) is 4. The van der Waals surface area contributed by atoms with Gasteiger partial charge in [0.2, 0.25) is 0 Å². The van der Waals surface area contributed by atoms with Gasteiger partial charge in [-0.25, -0.2) is 0 Å². The van der Waals surface area contributed by atoms with Crippen LogP contribution in [0.3, 0.4) is 0 Å². The third-order valence-corrected chi connectivity index (χ3v) is 4.82. The average Bonchev–Trinajstić information content (AvgIpc) is 3.14. The smallest absolute Gasteiger partial charge is 0.252 e. The number of H-pyrrole nitrogens is 1. The lowest BCUT2D eigenvalue weighted by atomic mass is 10.1. The van der Waals surface area contributed by atoms with Gasteiger partial charge in [-0.1, -0.05) is 41.9 Å². The Morgan fingerprint density at radius 3 is 2.57 bits per heavy atom. The summed E-state index contributed by atoms with van der Waals surface area (Å²) in [7, 11) is 0. The Morgan fingerprint density at radius 1 is 1.03 bits per heavy atom. The Labute approximate surface area is 198 Å². The van der Waals surface area contributed by atoms with E-state index in [1.807, 2.05) is 25.3 Å². The molecular weight excluding hydrogens is 513 g/mol. The van der Waals surface area contributed by atoms with E-state index in [0.717, 1.165) is 24.4 Å². The van der Waals surface area contributed by atoms with Crippen LogP contribution >= 0.6 is 35.6 Å². The van der Waals surface area contributed by atoms with Crippen LogP contribution in [0.2, 0.25) is 5.02 Å². The molecule has 3 rings (SSSR count). The third-order valence-electron chi connectivity index (χ3n) is 4.49. The molecule has 0 unspecified atom stereocenters. The molecule has 8 heteroatoms. The molecule has 1 aromatic heterocycles. The maximum absolute atomic E-state index is 12.2. The first-order chi connectivity index (χ1) is 14.2. The Kier molecular flexibility index (Phi) is 9.96. The minimum atomic E-state index is -0.182. The molecule has 0 aliphatic carbocycles. The average molecular weight is 540 g/mol. The molecule has 4 N–H and O–H groups in total. The highest BCUT2D eigenvalue weighted by Gasteiger charge is 2.08. The summed E-state index contributed by atoms with van der Waals surface area (Å²) in [6.07, 6.45) is 2.90. The fourth-order valence-electron chi connectivity index (χ4n) is 3.07. The third kappa shape index (κ3) is 6.63. The number of aliphatic imine (C=N–C) groups is 1. The number of hydrogen-bond acceptors (Lipinski definition) is 2. The molecular formula is C22H27ClIN5O. The highest BCUT2D eigenvalue weighted by Crippen LogP contribution is 2.18. The molecule has 160 valence electrons. The molecule has 0 fully saturated rings. The van der Waals surface area contributed by atoms with E-state index in [4.69, 9.17) is 11.6 Å². The highest BCUT2D eigenvalue weighted by atomic mass is 127. The molecule has 0 radical (unpaired) electrons. The van der Waals surface area contributed by atoms with Crippen molar-refractivity contribution in [2.24, 2.45) is 4.99 Å². The standard InChI is InChI=1S/C22H26ClN5O.HI/c1-2-24-22(26-12-11-16-15-28-20-10-6-4-7-17(16)20)27-14-13-25-21(29)18-8-3-5-9-19(18)23;/h3-10,15,28H,2,11-14H2,1H3,(H,25,29)(H2,24,26,27);1H. The Bertz CT molecular complexity index is 988. The van der Waals surface area contributed by atoms with Gasteiger partial charge < -0.3 is 20.9 Å². The predicted octanol–water partition coefficient (Wildman–Crippen LogP) is 3.97. The number of fused-ring (bicyclic) bond motifs is 1. The second-order valence-corrected chi connectivity index (χ2v) is 6.94. The molecule has 6 nitrogen and oxygen atoms in total. The number of benzene rings is 2. The van der Waals surface area contributed by atoms with Gasteiger partial charge in [-0.05, 0) is 37.1 Å². The Balaban J connectivity index is 0.00000320. The van der Waals surface area contributed by atoms with Crippen LogP contribution in [0.5, 0.6) is 0 Å². The van der Waals surface area contributed by atoms with Crippen molar-refractivity contribution < 1.29 is 4.79 Å². The van der Waals surface area contributed by atoms with Gasteiger partial charge in [0.1, 0.15) is 0 Å². The van der Waals surface area contributed by atoms with Gasteiger partial charge >= 0.3 is 0 Å². The zero-order valence-electron chi connectivity index (χ0n) is 16.9. The number of rotatable bonds is 8. The molecule has 30 heavy (non-hydrogen) atoms. The number of amides is 1. The second kappa shape index (κ2) is 12.4. The quantitative estimate of drug-likeness (QED) is 0.151. The molecule has 3 aromatic rings. The number of nitrogens with zero attached hydrogens (tertiary/aromatic N) is 1. The number of aromatic nitrogens is 1. The molecule has 0 saturated carbocycles. The minimum Gasteiger partial charge on any atom is -0.361 e. The first-order valence-electron chi connectivity index (χ1n) is 9.79. The van der Waals surface area contributed by atoms with Gasteiger partial charge in [0.15, 0.2) is 5.96 Å². The highest BCUT2D eigenvalue weighted by molar-refractivity contribution is 14.0. The largest absolute Gasteiger partial charge is 0.361 e. The lowest BCUT2D eigenvalue weighted by Crippen LogP contribution is -2.41. The van der Waals surface area contributed by atoms with Crippen molar-refractivity contribution >= 4 is 58.3 Å². The van der Waals surface area contributed by atoms with E-state index >= 15 is 0 Å². The number of para-hydroxylation sites is 1. The van der Waals surface area contributed by atoms with E-state index in [1.54, 1.807) is 24.3 Å². The predicted molar refractivity (Wildman–Crippen MR) is 135 cm³/mol. The molecule has 0 aliphatic heterocycles. The summed E-state index contributed by atoms with van der Waals surface area (Å²) in [6, 6.07) is 15.3. The second-order valence-electron chi connectivity index (χ2n) is 6.53. The summed E-state index contributed by atoms with van der Waals surface area (Å²) in [5, 5.41) is 11.0. The lowest BCUT2D eigenvalue weighted by Gasteiger charge is -2.12. The summed E-state index contributed by atoms with van der Waals surface area (Å²) >= 11 is 6.05. The van der Waals surface area contributed by atoms with Crippen LogP contribution in [0.15, 0.2) is 59.7 Å². The van der Waals surface area contributed by atoms with E-state index in [2.05, 4.69) is 38.1 Å². The number of guanidine groups is 1. The SMILES string of the molecule is CCNC(=NCCc1c[nH]c2ccccc12)NCCNC(=O)c1ccccc1Cl.I. The van der Waals surface area contributed by atoms with E-state index in [1.165, 1.54) is 10.9 Å². The van der Waals surface area contributed by atoms with E-state index in [9.17, 15) is 4.79 Å². The van der Waals surface area contributed by atoms with Crippen LogP contribution in [-0.2, 0) is 6.42 Å². The minimum absolute atomic E-state index is 0. The van der Waals surface area contributed by atoms with Crippen LogP contribution in [-0.4, -0.2) is 43.0 Å². The lowest BCUT2D eigenvalue weighted by molar-refractivity contribution is 0.0954.